The van der Waals surface area contributed by atoms with Gasteiger partial charge in [-0.2, -0.15) is 9.97 Å². The zero-order chi connectivity index (χ0) is 39.7. The minimum absolute atomic E-state index is 0.417. The number of hydrogen-bond acceptors (Lipinski definition) is 12. The van der Waals surface area contributed by atoms with E-state index in [1.54, 1.807) is 39.1 Å². The molecule has 0 aliphatic carbocycles. The van der Waals surface area contributed by atoms with Gasteiger partial charge in [-0.3, -0.25) is 0 Å². The second kappa shape index (κ2) is 18.3. The molecule has 1 aliphatic rings. The highest BCUT2D eigenvalue weighted by Gasteiger charge is 2.14. The topological polar surface area (TPSA) is 146 Å². The Morgan fingerprint density at radius 2 is 0.946 bits per heavy atom. The van der Waals surface area contributed by atoms with Crippen molar-refractivity contribution in [2.45, 2.75) is 0 Å². The summed E-state index contributed by atoms with van der Waals surface area (Å²) in [6, 6.07) is 32.7. The first-order valence-electron chi connectivity index (χ1n) is 17.7. The van der Waals surface area contributed by atoms with Crippen molar-refractivity contribution in [3.63, 3.8) is 0 Å². The molecule has 6 aromatic rings. The third-order valence-corrected chi connectivity index (χ3v) is 12.2. The lowest BCUT2D eigenvalue weighted by atomic mass is 10.2. The molecule has 0 atom stereocenters. The third kappa shape index (κ3) is 11.5. The van der Waals surface area contributed by atoms with Crippen molar-refractivity contribution in [3.8, 4) is 0 Å². The van der Waals surface area contributed by atoms with Crippen LogP contribution in [-0.2, 0) is 13.9 Å². The number of halogens is 2. The molecule has 0 saturated carbocycles. The van der Waals surface area contributed by atoms with E-state index in [1.165, 1.54) is 0 Å². The summed E-state index contributed by atoms with van der Waals surface area (Å²) >= 11 is 12.5. The molecule has 4 aromatic carbocycles. The van der Waals surface area contributed by atoms with Gasteiger partial charge in [0.2, 0.25) is 11.9 Å². The smallest absolute Gasteiger partial charge is 0.229 e. The van der Waals surface area contributed by atoms with Crippen molar-refractivity contribution < 1.29 is 13.9 Å². The molecular weight excluding hydrogens is 787 g/mol. The number of rotatable bonds is 11. The number of benzene rings is 4. The maximum absolute atomic E-state index is 12.2. The predicted octanol–water partition coefficient (Wildman–Crippen LogP) is 9.57. The molecule has 1 aliphatic heterocycles. The molecule has 0 unspecified atom stereocenters. The van der Waals surface area contributed by atoms with Gasteiger partial charge in [0.25, 0.3) is 0 Å². The normalized spacial score (nSPS) is 12.9. The lowest BCUT2D eigenvalue weighted by molar-refractivity contribution is 0.122. The summed E-state index contributed by atoms with van der Waals surface area (Å²) in [5, 5.41) is 15.2. The van der Waals surface area contributed by atoms with Crippen molar-refractivity contribution in [1.82, 2.24) is 19.9 Å². The zero-order valence-electron chi connectivity index (χ0n) is 31.4. The van der Waals surface area contributed by atoms with Crippen LogP contribution in [0.5, 0.6) is 0 Å². The number of para-hydroxylation sites is 1. The largest absolute Gasteiger partial charge is 0.378 e. The Labute approximate surface area is 337 Å². The van der Waals surface area contributed by atoms with Crippen LogP contribution in [0.4, 0.5) is 52.0 Å². The van der Waals surface area contributed by atoms with E-state index in [0.29, 0.717) is 33.6 Å². The summed E-state index contributed by atoms with van der Waals surface area (Å²) in [6.45, 7) is 10.3. The lowest BCUT2D eigenvalue weighted by Gasteiger charge is -2.28. The van der Waals surface area contributed by atoms with Gasteiger partial charge in [-0.15, -0.1) is 0 Å². The minimum atomic E-state index is -2.28. The molecule has 2 aromatic heterocycles. The van der Waals surface area contributed by atoms with E-state index in [2.05, 4.69) is 58.2 Å². The molecule has 0 spiro atoms. The van der Waals surface area contributed by atoms with Crippen molar-refractivity contribution >= 4 is 100 Å². The number of ether oxygens (including phenoxy) is 1. The highest BCUT2D eigenvalue weighted by molar-refractivity contribution is 7.70. The first-order chi connectivity index (χ1) is 26.8. The van der Waals surface area contributed by atoms with Crippen molar-refractivity contribution in [2.75, 3.05) is 79.1 Å². The average molecular weight is 831 g/mol. The molecule has 7 rings (SSSR count). The molecule has 290 valence electrons. The fraction of sp³-hybridized carbons (Fsp3) is 0.200. The van der Waals surface area contributed by atoms with Gasteiger partial charge in [0, 0.05) is 52.1 Å². The Morgan fingerprint density at radius 1 is 0.554 bits per heavy atom. The number of aromatic nitrogens is 4. The second-order valence-electron chi connectivity index (χ2n) is 13.6. The first kappa shape index (κ1) is 40.7. The van der Waals surface area contributed by atoms with Gasteiger partial charge in [0.05, 0.1) is 25.6 Å². The Balaban J connectivity index is 0.000000194. The average Bonchev–Trinajstić information content (AvgIpc) is 3.18. The van der Waals surface area contributed by atoms with Gasteiger partial charge < -0.3 is 40.0 Å². The molecule has 3 heterocycles. The Kier molecular flexibility index (Phi) is 13.3. The maximum Gasteiger partial charge on any atom is 0.229 e. The van der Waals surface area contributed by atoms with E-state index < -0.39 is 14.3 Å². The predicted molar refractivity (Wildman–Crippen MR) is 234 cm³/mol. The minimum Gasteiger partial charge on any atom is -0.378 e. The van der Waals surface area contributed by atoms with Crippen LogP contribution in [0.3, 0.4) is 0 Å². The van der Waals surface area contributed by atoms with E-state index in [9.17, 15) is 9.13 Å². The van der Waals surface area contributed by atoms with Crippen molar-refractivity contribution in [3.05, 3.63) is 126 Å². The van der Waals surface area contributed by atoms with Crippen LogP contribution in [0.15, 0.2) is 116 Å². The van der Waals surface area contributed by atoms with Crippen LogP contribution >= 0.6 is 37.5 Å². The molecule has 56 heavy (non-hydrogen) atoms. The summed E-state index contributed by atoms with van der Waals surface area (Å²) in [7, 11) is -4.54. The molecule has 1 fully saturated rings. The van der Waals surface area contributed by atoms with Gasteiger partial charge in [0.15, 0.2) is 11.6 Å². The summed E-state index contributed by atoms with van der Waals surface area (Å²) in [6.07, 6.45) is 3.10. The monoisotopic (exact) mass is 829 g/mol. The van der Waals surface area contributed by atoms with Crippen LogP contribution < -0.4 is 36.8 Å². The maximum atomic E-state index is 12.2. The summed E-state index contributed by atoms with van der Waals surface area (Å²) < 4.78 is 29.7. The van der Waals surface area contributed by atoms with Gasteiger partial charge in [0.1, 0.15) is 24.3 Å². The van der Waals surface area contributed by atoms with Crippen LogP contribution in [-0.4, -0.2) is 72.9 Å². The lowest BCUT2D eigenvalue weighted by Crippen LogP contribution is -2.36. The quantitative estimate of drug-likeness (QED) is 0.0923. The number of nitrogens with zero attached hydrogens (tertiary/aromatic N) is 5. The van der Waals surface area contributed by atoms with Crippen LogP contribution in [0.25, 0.3) is 0 Å². The molecule has 0 radical (unpaired) electrons. The molecule has 0 bridgehead atoms. The highest BCUT2D eigenvalue weighted by atomic mass is 35.5. The van der Waals surface area contributed by atoms with Gasteiger partial charge in [-0.05, 0) is 112 Å². The fourth-order valence-corrected chi connectivity index (χ4v) is 7.48. The van der Waals surface area contributed by atoms with Crippen molar-refractivity contribution in [2.24, 2.45) is 0 Å². The van der Waals surface area contributed by atoms with Gasteiger partial charge in [-0.1, -0.05) is 41.4 Å². The van der Waals surface area contributed by atoms with Crippen molar-refractivity contribution in [1.29, 1.82) is 0 Å². The zero-order valence-corrected chi connectivity index (χ0v) is 34.7. The molecule has 16 heteroatoms. The Hall–Kier alpha value is -4.96. The summed E-state index contributed by atoms with van der Waals surface area (Å²) in [4.78, 5) is 19.7. The number of hydrogen-bond donors (Lipinski definition) is 4. The molecular formula is C40H43Cl2N9O3P2. The number of morpholine rings is 1. The Morgan fingerprint density at radius 3 is 1.38 bits per heavy atom. The molecule has 1 saturated heterocycles. The number of nitrogens with one attached hydrogen (secondary N) is 4. The summed E-state index contributed by atoms with van der Waals surface area (Å²) in [5.41, 5.74) is 4.55. The standard InChI is InChI=1S/C22H25ClN5O2P.C18H18ClN4OP/c1-31(2,29)19-9-5-17(6-10-19)26-22-24-15-20(23)21(27-22)25-16-3-7-18(8-4-16)28-11-13-30-14-12-28;1-25(2,24)15-10-8-14(9-11-15)22-18-20-12-16(19)17(23-18)21-13-6-4-3-5-7-13/h3-10,15H,11-14H2,1-2H3,(H2,24,25,26,27);3-12H,1-2H3,(H2,20,21,22,23). The highest BCUT2D eigenvalue weighted by Crippen LogP contribution is 2.36. The second-order valence-corrected chi connectivity index (χ2v) is 20.8. The van der Waals surface area contributed by atoms with Gasteiger partial charge >= 0.3 is 0 Å². The van der Waals surface area contributed by atoms with Crippen LogP contribution in [0.1, 0.15) is 0 Å². The molecule has 12 nitrogen and oxygen atoms in total. The fourth-order valence-electron chi connectivity index (χ4n) is 5.47. The van der Waals surface area contributed by atoms with E-state index in [4.69, 9.17) is 27.9 Å². The van der Waals surface area contributed by atoms with Gasteiger partial charge in [-0.25, -0.2) is 9.97 Å². The third-order valence-electron chi connectivity index (χ3n) is 8.52. The van der Waals surface area contributed by atoms with Crippen LogP contribution in [0.2, 0.25) is 10.0 Å². The first-order valence-corrected chi connectivity index (χ1v) is 23.7. The van der Waals surface area contributed by atoms with E-state index >= 15 is 0 Å². The molecule has 0 amide bonds. The van der Waals surface area contributed by atoms with E-state index in [-0.39, 0.29) is 0 Å². The van der Waals surface area contributed by atoms with E-state index in [1.807, 2.05) is 91.0 Å². The SMILES string of the molecule is CP(C)(=O)c1ccc(Nc2ncc(Cl)c(Nc3ccc(N4CCOCC4)cc3)n2)cc1.CP(C)(=O)c1ccc(Nc2ncc(Cl)c(Nc3ccccc3)n2)cc1. The number of anilines is 9. The van der Waals surface area contributed by atoms with E-state index in [0.717, 1.165) is 65.3 Å². The summed E-state index contributed by atoms with van der Waals surface area (Å²) in [5.74, 6) is 1.88. The Bertz CT molecular complexity index is 2320. The van der Waals surface area contributed by atoms with Crippen LogP contribution in [0, 0.1) is 0 Å². The molecule has 4 N–H and O–H groups in total.